The number of aromatic nitrogens is 4. The van der Waals surface area contributed by atoms with E-state index in [4.69, 9.17) is 4.74 Å². The number of aliphatic hydroxyl groups excluding tert-OH is 1. The first-order chi connectivity index (χ1) is 16.2. The summed E-state index contributed by atoms with van der Waals surface area (Å²) in [7, 11) is 1.80. The molecule has 0 saturated carbocycles. The number of esters is 1. The molecular formula is C27H30N4O3. The van der Waals surface area contributed by atoms with Gasteiger partial charge in [-0.3, -0.25) is 4.79 Å². The predicted molar refractivity (Wildman–Crippen MR) is 131 cm³/mol. The quantitative estimate of drug-likeness (QED) is 0.459. The van der Waals surface area contributed by atoms with Crippen LogP contribution in [0.2, 0.25) is 0 Å². The van der Waals surface area contributed by atoms with E-state index < -0.39 is 18.2 Å². The second-order valence-electron chi connectivity index (χ2n) is 9.03. The highest BCUT2D eigenvalue weighted by Crippen LogP contribution is 2.36. The molecule has 4 rings (SSSR count). The standard InChI is InChI=1S/C27H30N4O3/c1-16-6-9-22(18(3)12-16)26(23-10-7-17(2)13-19(23)4)24(27-28-29-30-31(27)5)11-8-21-14-20(32)15-25(33)34-21/h6-13,20-21,32H,14-15H2,1-5H3/b11-8+/t20-,21-/m1/s1. The summed E-state index contributed by atoms with van der Waals surface area (Å²) in [4.78, 5) is 11.9. The van der Waals surface area contributed by atoms with E-state index in [0.29, 0.717) is 12.2 Å². The first-order valence-electron chi connectivity index (χ1n) is 11.4. The number of benzene rings is 2. The maximum atomic E-state index is 11.9. The number of allylic oxidation sites excluding steroid dienone is 2. The number of rotatable bonds is 5. The Labute approximate surface area is 199 Å². The summed E-state index contributed by atoms with van der Waals surface area (Å²) in [5.41, 5.74) is 8.57. The highest BCUT2D eigenvalue weighted by molar-refractivity contribution is 6.02. The van der Waals surface area contributed by atoms with Crippen molar-refractivity contribution < 1.29 is 14.6 Å². The summed E-state index contributed by atoms with van der Waals surface area (Å²) in [6, 6.07) is 12.8. The molecular weight excluding hydrogens is 428 g/mol. The van der Waals surface area contributed by atoms with Crippen molar-refractivity contribution in [2.45, 2.75) is 52.7 Å². The number of carbonyl (C=O) groups excluding carboxylic acids is 1. The van der Waals surface area contributed by atoms with Gasteiger partial charge < -0.3 is 9.84 Å². The highest BCUT2D eigenvalue weighted by Gasteiger charge is 2.26. The lowest BCUT2D eigenvalue weighted by atomic mass is 9.86. The second-order valence-corrected chi connectivity index (χ2v) is 9.03. The number of cyclic esters (lactones) is 1. The zero-order valence-electron chi connectivity index (χ0n) is 20.2. The van der Waals surface area contributed by atoms with Crippen molar-refractivity contribution in [3.8, 4) is 0 Å². The zero-order valence-corrected chi connectivity index (χ0v) is 20.2. The highest BCUT2D eigenvalue weighted by atomic mass is 16.5. The minimum absolute atomic E-state index is 0.0244. The number of ether oxygens (including phenoxy) is 1. The maximum absolute atomic E-state index is 11.9. The minimum atomic E-state index is -0.710. The van der Waals surface area contributed by atoms with Crippen LogP contribution in [0.5, 0.6) is 0 Å². The van der Waals surface area contributed by atoms with Gasteiger partial charge in [0.15, 0.2) is 5.82 Å². The van der Waals surface area contributed by atoms with Crippen molar-refractivity contribution in [1.82, 2.24) is 20.2 Å². The Morgan fingerprint density at radius 1 is 1.06 bits per heavy atom. The molecule has 34 heavy (non-hydrogen) atoms. The van der Waals surface area contributed by atoms with Crippen LogP contribution in [-0.4, -0.2) is 43.5 Å². The molecule has 1 fully saturated rings. The summed E-state index contributed by atoms with van der Waals surface area (Å²) < 4.78 is 7.09. The molecule has 1 saturated heterocycles. The average molecular weight is 459 g/mol. The number of tetrazole rings is 1. The molecule has 1 aromatic heterocycles. The van der Waals surface area contributed by atoms with Gasteiger partial charge in [-0.05, 0) is 66.5 Å². The van der Waals surface area contributed by atoms with Crippen molar-refractivity contribution in [2.75, 3.05) is 0 Å². The summed E-state index contributed by atoms with van der Waals surface area (Å²) in [5.74, 6) is 0.192. The molecule has 176 valence electrons. The van der Waals surface area contributed by atoms with E-state index in [0.717, 1.165) is 33.4 Å². The Morgan fingerprint density at radius 2 is 1.68 bits per heavy atom. The molecule has 0 amide bonds. The largest absolute Gasteiger partial charge is 0.458 e. The molecule has 0 bridgehead atoms. The van der Waals surface area contributed by atoms with Crippen LogP contribution in [0, 0.1) is 27.7 Å². The lowest BCUT2D eigenvalue weighted by Gasteiger charge is -2.24. The zero-order chi connectivity index (χ0) is 24.4. The predicted octanol–water partition coefficient (Wildman–Crippen LogP) is 4.03. The van der Waals surface area contributed by atoms with Crippen LogP contribution in [0.25, 0.3) is 11.1 Å². The molecule has 7 heteroatoms. The number of carbonyl (C=O) groups is 1. The number of hydrogen-bond acceptors (Lipinski definition) is 6. The third-order valence-corrected chi connectivity index (χ3v) is 6.10. The molecule has 0 radical (unpaired) electrons. The van der Waals surface area contributed by atoms with E-state index in [1.54, 1.807) is 11.7 Å². The van der Waals surface area contributed by atoms with Crippen LogP contribution < -0.4 is 0 Å². The van der Waals surface area contributed by atoms with Crippen molar-refractivity contribution >= 4 is 17.1 Å². The van der Waals surface area contributed by atoms with Gasteiger partial charge in [0.2, 0.25) is 0 Å². The van der Waals surface area contributed by atoms with E-state index in [9.17, 15) is 9.90 Å². The number of aryl methyl sites for hydroxylation is 5. The first kappa shape index (κ1) is 23.6. The van der Waals surface area contributed by atoms with Gasteiger partial charge in [-0.2, -0.15) is 0 Å². The monoisotopic (exact) mass is 458 g/mol. The molecule has 2 atom stereocenters. The topological polar surface area (TPSA) is 90.1 Å². The molecule has 1 N–H and O–H groups in total. The Hall–Kier alpha value is -3.58. The third kappa shape index (κ3) is 4.99. The molecule has 7 nitrogen and oxygen atoms in total. The van der Waals surface area contributed by atoms with Gasteiger partial charge in [-0.25, -0.2) is 4.68 Å². The molecule has 2 heterocycles. The Kier molecular flexibility index (Phi) is 6.75. The Morgan fingerprint density at radius 3 is 2.18 bits per heavy atom. The van der Waals surface area contributed by atoms with Crippen molar-refractivity contribution in [3.63, 3.8) is 0 Å². The van der Waals surface area contributed by atoms with Gasteiger partial charge in [0.25, 0.3) is 0 Å². The average Bonchev–Trinajstić information content (AvgIpc) is 3.17. The summed E-state index contributed by atoms with van der Waals surface area (Å²) in [5, 5.41) is 22.3. The SMILES string of the molecule is Cc1ccc(C(=C(/C=C/[C@@H]2C[C@@H](O)CC(=O)O2)c2nnnn2C)c2ccc(C)cc2C)c(C)c1. The van der Waals surface area contributed by atoms with Gasteiger partial charge in [-0.15, -0.1) is 5.10 Å². The molecule has 0 spiro atoms. The van der Waals surface area contributed by atoms with Crippen LogP contribution in [0.3, 0.4) is 0 Å². The van der Waals surface area contributed by atoms with Crippen molar-refractivity contribution in [2.24, 2.45) is 7.05 Å². The van der Waals surface area contributed by atoms with E-state index in [1.165, 1.54) is 11.1 Å². The fourth-order valence-electron chi connectivity index (χ4n) is 4.48. The molecule has 0 aliphatic carbocycles. The van der Waals surface area contributed by atoms with Gasteiger partial charge in [0, 0.05) is 24.6 Å². The van der Waals surface area contributed by atoms with Gasteiger partial charge in [0.05, 0.1) is 12.5 Å². The van der Waals surface area contributed by atoms with Crippen LogP contribution in [0.1, 0.15) is 52.0 Å². The molecule has 0 unspecified atom stereocenters. The van der Waals surface area contributed by atoms with E-state index in [2.05, 4.69) is 79.6 Å². The molecule has 1 aliphatic heterocycles. The smallest absolute Gasteiger partial charge is 0.309 e. The first-order valence-corrected chi connectivity index (χ1v) is 11.4. The van der Waals surface area contributed by atoms with E-state index >= 15 is 0 Å². The fourth-order valence-corrected chi connectivity index (χ4v) is 4.48. The minimum Gasteiger partial charge on any atom is -0.458 e. The van der Waals surface area contributed by atoms with Gasteiger partial charge in [0.1, 0.15) is 6.10 Å². The van der Waals surface area contributed by atoms with Crippen molar-refractivity contribution in [3.05, 3.63) is 87.8 Å². The lowest BCUT2D eigenvalue weighted by Crippen LogP contribution is -2.31. The summed E-state index contributed by atoms with van der Waals surface area (Å²) >= 11 is 0. The third-order valence-electron chi connectivity index (χ3n) is 6.10. The van der Waals surface area contributed by atoms with Gasteiger partial charge >= 0.3 is 5.97 Å². The molecule has 3 aromatic rings. The molecule has 1 aliphatic rings. The fraction of sp³-hybridized carbons (Fsp3) is 0.333. The summed E-state index contributed by atoms with van der Waals surface area (Å²) in [6.45, 7) is 8.35. The van der Waals surface area contributed by atoms with E-state index in [-0.39, 0.29) is 6.42 Å². The number of nitrogens with zero attached hydrogens (tertiary/aromatic N) is 4. The molecule has 2 aromatic carbocycles. The normalized spacial score (nSPS) is 18.2. The Bertz CT molecular complexity index is 1240. The van der Waals surface area contributed by atoms with E-state index in [1.807, 2.05) is 12.2 Å². The van der Waals surface area contributed by atoms with Crippen LogP contribution in [0.4, 0.5) is 0 Å². The van der Waals surface area contributed by atoms with Crippen LogP contribution in [0.15, 0.2) is 48.6 Å². The number of hydrogen-bond donors (Lipinski definition) is 1. The van der Waals surface area contributed by atoms with Crippen LogP contribution >= 0.6 is 0 Å². The second kappa shape index (κ2) is 9.73. The van der Waals surface area contributed by atoms with Crippen LogP contribution in [-0.2, 0) is 16.6 Å². The van der Waals surface area contributed by atoms with Crippen molar-refractivity contribution in [1.29, 1.82) is 0 Å². The number of aliphatic hydroxyl groups is 1. The lowest BCUT2D eigenvalue weighted by molar-refractivity contribution is -0.156. The maximum Gasteiger partial charge on any atom is 0.309 e. The summed E-state index contributed by atoms with van der Waals surface area (Å²) in [6.07, 6.45) is 2.88. The van der Waals surface area contributed by atoms with Gasteiger partial charge in [-0.1, -0.05) is 53.6 Å². The Balaban J connectivity index is 1.98.